The Morgan fingerprint density at radius 3 is 3.00 bits per heavy atom. The number of carbonyl (C=O) groups is 1. The molecular formula is C16H19N3O2. The second-order valence-electron chi connectivity index (χ2n) is 5.46. The summed E-state index contributed by atoms with van der Waals surface area (Å²) in [5, 5.41) is 17.2. The van der Waals surface area contributed by atoms with Crippen LogP contribution in [0.5, 0.6) is 0 Å². The van der Waals surface area contributed by atoms with Crippen molar-refractivity contribution in [3.63, 3.8) is 0 Å². The number of nitrogens with zero attached hydrogens (tertiary/aromatic N) is 2. The first-order valence-electron chi connectivity index (χ1n) is 7.17. The van der Waals surface area contributed by atoms with Crippen LogP contribution in [0.2, 0.25) is 0 Å². The first-order valence-corrected chi connectivity index (χ1v) is 7.17. The van der Waals surface area contributed by atoms with Crippen molar-refractivity contribution < 1.29 is 9.90 Å². The topological polar surface area (TPSA) is 67.2 Å². The van der Waals surface area contributed by atoms with Gasteiger partial charge in [0.1, 0.15) is 0 Å². The maximum atomic E-state index is 12.1. The van der Waals surface area contributed by atoms with Gasteiger partial charge in [-0.2, -0.15) is 5.10 Å². The Morgan fingerprint density at radius 2 is 2.24 bits per heavy atom. The Kier molecular flexibility index (Phi) is 3.75. The highest BCUT2D eigenvalue weighted by Gasteiger charge is 2.31. The normalized spacial score (nSPS) is 20.3. The fraction of sp³-hybridized carbons (Fsp3) is 0.375. The van der Waals surface area contributed by atoms with Crippen molar-refractivity contribution in [3.8, 4) is 0 Å². The van der Waals surface area contributed by atoms with Crippen molar-refractivity contribution in [2.75, 3.05) is 0 Å². The van der Waals surface area contributed by atoms with E-state index in [1.54, 1.807) is 10.9 Å². The molecule has 0 saturated heterocycles. The third-order valence-corrected chi connectivity index (χ3v) is 4.05. The zero-order valence-corrected chi connectivity index (χ0v) is 12.0. The van der Waals surface area contributed by atoms with Crippen molar-refractivity contribution in [1.29, 1.82) is 0 Å². The van der Waals surface area contributed by atoms with Gasteiger partial charge in [-0.1, -0.05) is 24.3 Å². The summed E-state index contributed by atoms with van der Waals surface area (Å²) in [5.74, 6) is -0.0445. The average molecular weight is 285 g/mol. The summed E-state index contributed by atoms with van der Waals surface area (Å²) in [6.45, 7) is 0. The maximum Gasteiger partial charge on any atom is 0.220 e. The molecular weight excluding hydrogens is 266 g/mol. The second-order valence-corrected chi connectivity index (χ2v) is 5.46. The molecule has 0 saturated carbocycles. The molecule has 0 aliphatic heterocycles. The van der Waals surface area contributed by atoms with Gasteiger partial charge >= 0.3 is 0 Å². The minimum Gasteiger partial charge on any atom is -0.390 e. The molecule has 1 aromatic carbocycles. The van der Waals surface area contributed by atoms with Crippen LogP contribution in [-0.2, 0) is 24.7 Å². The number of aliphatic hydroxyl groups excluding tert-OH is 1. The molecule has 2 N–H and O–H groups in total. The van der Waals surface area contributed by atoms with Gasteiger partial charge in [0.15, 0.2) is 0 Å². The fourth-order valence-electron chi connectivity index (χ4n) is 2.88. The molecule has 1 aliphatic rings. The summed E-state index contributed by atoms with van der Waals surface area (Å²) < 4.78 is 1.77. The number of aromatic nitrogens is 2. The number of nitrogens with one attached hydrogen (secondary N) is 1. The molecule has 1 amide bonds. The predicted octanol–water partition coefficient (Wildman–Crippen LogP) is 1.13. The van der Waals surface area contributed by atoms with Crippen LogP contribution in [0.15, 0.2) is 36.5 Å². The van der Waals surface area contributed by atoms with Crippen molar-refractivity contribution in [3.05, 3.63) is 53.3 Å². The summed E-state index contributed by atoms with van der Waals surface area (Å²) in [7, 11) is 1.87. The average Bonchev–Trinajstić information content (AvgIpc) is 3.01. The van der Waals surface area contributed by atoms with Gasteiger partial charge in [-0.25, -0.2) is 0 Å². The molecule has 0 bridgehead atoms. The maximum absolute atomic E-state index is 12.1. The van der Waals surface area contributed by atoms with Crippen molar-refractivity contribution in [2.45, 2.75) is 31.4 Å². The van der Waals surface area contributed by atoms with Crippen LogP contribution in [0.4, 0.5) is 0 Å². The van der Waals surface area contributed by atoms with Gasteiger partial charge in [-0.15, -0.1) is 0 Å². The first kappa shape index (κ1) is 13.8. The van der Waals surface area contributed by atoms with Crippen LogP contribution in [-0.4, -0.2) is 26.9 Å². The quantitative estimate of drug-likeness (QED) is 0.885. The highest BCUT2D eigenvalue weighted by molar-refractivity contribution is 5.77. The summed E-state index contributed by atoms with van der Waals surface area (Å²) in [5.41, 5.74) is 3.17. The van der Waals surface area contributed by atoms with Crippen LogP contribution < -0.4 is 5.32 Å². The number of carbonyl (C=O) groups excluding carboxylic acids is 1. The summed E-state index contributed by atoms with van der Waals surface area (Å²) in [6, 6.07) is 9.48. The molecule has 1 aromatic heterocycles. The van der Waals surface area contributed by atoms with E-state index < -0.39 is 6.10 Å². The number of rotatable bonds is 4. The Balaban J connectivity index is 1.61. The van der Waals surface area contributed by atoms with Gasteiger partial charge in [-0.05, 0) is 23.6 Å². The largest absolute Gasteiger partial charge is 0.390 e. The van der Waals surface area contributed by atoms with E-state index in [4.69, 9.17) is 0 Å². The van der Waals surface area contributed by atoms with Crippen LogP contribution in [0.1, 0.15) is 29.3 Å². The lowest BCUT2D eigenvalue weighted by Gasteiger charge is -2.18. The van der Waals surface area contributed by atoms with E-state index in [-0.39, 0.29) is 11.9 Å². The Hall–Kier alpha value is -2.14. The van der Waals surface area contributed by atoms with Crippen molar-refractivity contribution in [2.24, 2.45) is 7.05 Å². The molecule has 5 nitrogen and oxygen atoms in total. The van der Waals surface area contributed by atoms with Crippen LogP contribution in [0.3, 0.4) is 0 Å². The minimum absolute atomic E-state index is 0.0445. The number of fused-ring (bicyclic) bond motifs is 1. The Bertz CT molecular complexity index is 650. The van der Waals surface area contributed by atoms with Gasteiger partial charge in [0.2, 0.25) is 5.91 Å². The number of hydrogen-bond acceptors (Lipinski definition) is 3. The SMILES string of the molecule is Cn1nccc1CCC(=O)N[C@@H]1c2ccccc2C[C@H]1O. The molecule has 2 atom stereocenters. The number of hydrogen-bond donors (Lipinski definition) is 2. The first-order chi connectivity index (χ1) is 10.1. The molecule has 3 rings (SSSR count). The number of amides is 1. The molecule has 0 unspecified atom stereocenters. The molecule has 0 radical (unpaired) electrons. The van der Waals surface area contributed by atoms with E-state index in [0.717, 1.165) is 16.8 Å². The highest BCUT2D eigenvalue weighted by Crippen LogP contribution is 2.31. The summed E-state index contributed by atoms with van der Waals surface area (Å²) in [6.07, 6.45) is 2.83. The van der Waals surface area contributed by atoms with Gasteiger partial charge in [0, 0.05) is 31.8 Å². The van der Waals surface area contributed by atoms with Crippen LogP contribution >= 0.6 is 0 Å². The molecule has 0 fully saturated rings. The van der Waals surface area contributed by atoms with E-state index in [1.807, 2.05) is 37.4 Å². The van der Waals surface area contributed by atoms with Crippen molar-refractivity contribution >= 4 is 5.91 Å². The number of aryl methyl sites for hydroxylation is 2. The third kappa shape index (κ3) is 2.83. The molecule has 2 aromatic rings. The van der Waals surface area contributed by atoms with E-state index in [0.29, 0.717) is 19.3 Å². The van der Waals surface area contributed by atoms with E-state index in [2.05, 4.69) is 10.4 Å². The predicted molar refractivity (Wildman–Crippen MR) is 78.6 cm³/mol. The number of aliphatic hydroxyl groups is 1. The van der Waals surface area contributed by atoms with E-state index in [9.17, 15) is 9.90 Å². The van der Waals surface area contributed by atoms with Gasteiger partial charge in [0.05, 0.1) is 12.1 Å². The molecule has 0 spiro atoms. The fourth-order valence-corrected chi connectivity index (χ4v) is 2.88. The molecule has 21 heavy (non-hydrogen) atoms. The zero-order chi connectivity index (χ0) is 14.8. The number of benzene rings is 1. The zero-order valence-electron chi connectivity index (χ0n) is 12.0. The minimum atomic E-state index is -0.539. The molecule has 1 heterocycles. The summed E-state index contributed by atoms with van der Waals surface area (Å²) >= 11 is 0. The Morgan fingerprint density at radius 1 is 1.43 bits per heavy atom. The smallest absolute Gasteiger partial charge is 0.220 e. The molecule has 110 valence electrons. The second kappa shape index (κ2) is 5.69. The van der Waals surface area contributed by atoms with Gasteiger partial charge in [0.25, 0.3) is 0 Å². The third-order valence-electron chi connectivity index (χ3n) is 4.05. The molecule has 5 heteroatoms. The highest BCUT2D eigenvalue weighted by atomic mass is 16.3. The van der Waals surface area contributed by atoms with Gasteiger partial charge < -0.3 is 10.4 Å². The van der Waals surface area contributed by atoms with Gasteiger partial charge in [-0.3, -0.25) is 9.48 Å². The Labute approximate surface area is 123 Å². The summed E-state index contributed by atoms with van der Waals surface area (Å²) in [4.78, 5) is 12.1. The lowest BCUT2D eigenvalue weighted by Crippen LogP contribution is -2.34. The monoisotopic (exact) mass is 285 g/mol. The standard InChI is InChI=1S/C16H19N3O2/c1-19-12(8-9-17-19)6-7-15(21)18-16-13-5-3-2-4-11(13)10-14(16)20/h2-5,8-9,14,16,20H,6-7,10H2,1H3,(H,18,21)/t14-,16-/m1/s1. The van der Waals surface area contributed by atoms with Crippen LogP contribution in [0.25, 0.3) is 0 Å². The van der Waals surface area contributed by atoms with Crippen LogP contribution in [0, 0.1) is 0 Å². The van der Waals surface area contributed by atoms with Crippen molar-refractivity contribution in [1.82, 2.24) is 15.1 Å². The van der Waals surface area contributed by atoms with E-state index >= 15 is 0 Å². The molecule has 1 aliphatic carbocycles. The van der Waals surface area contributed by atoms with E-state index in [1.165, 1.54) is 0 Å². The lowest BCUT2D eigenvalue weighted by atomic mass is 10.1. The lowest BCUT2D eigenvalue weighted by molar-refractivity contribution is -0.122.